The molecule has 0 atom stereocenters. The molecule has 3 heterocycles. The minimum Gasteiger partial charge on any atom is -0.479 e. The third kappa shape index (κ3) is 2.32. The third-order valence-corrected chi connectivity index (χ3v) is 4.06. The average molecular weight is 319 g/mol. The van der Waals surface area contributed by atoms with Gasteiger partial charge >= 0.3 is 0 Å². The van der Waals surface area contributed by atoms with Crippen molar-refractivity contribution in [3.05, 3.63) is 54.2 Å². The smallest absolute Gasteiger partial charge is 0.238 e. The summed E-state index contributed by atoms with van der Waals surface area (Å²) in [5.41, 5.74) is 5.64. The highest BCUT2D eigenvalue weighted by Gasteiger charge is 2.11. The number of rotatable bonds is 3. The van der Waals surface area contributed by atoms with Gasteiger partial charge in [0.1, 0.15) is 5.69 Å². The van der Waals surface area contributed by atoms with Crippen LogP contribution in [0.1, 0.15) is 11.4 Å². The van der Waals surface area contributed by atoms with Crippen LogP contribution in [-0.2, 0) is 0 Å². The summed E-state index contributed by atoms with van der Waals surface area (Å²) in [6, 6.07) is 10.1. The molecule has 0 unspecified atom stereocenters. The number of benzene rings is 1. The number of nitrogens with one attached hydrogen (secondary N) is 1. The highest BCUT2D eigenvalue weighted by atomic mass is 16.5. The van der Waals surface area contributed by atoms with E-state index in [-0.39, 0.29) is 0 Å². The maximum atomic E-state index is 5.48. The van der Waals surface area contributed by atoms with Crippen molar-refractivity contribution in [3.8, 4) is 22.8 Å². The van der Waals surface area contributed by atoms with E-state index in [0.717, 1.165) is 39.2 Å². The van der Waals surface area contributed by atoms with Crippen molar-refractivity contribution in [2.75, 3.05) is 7.11 Å². The number of aromatic amines is 1. The predicted octanol–water partition coefficient (Wildman–Crippen LogP) is 3.44. The standard InChI is InChI=1S/C18H17N5O/c1-11-9-23(10-19-11)17-7-6-15(20-18(17)24-3)13-4-5-14-12(2)21-22-16(14)8-13/h4-10H,1-3H3,(H,21,22). The maximum Gasteiger partial charge on any atom is 0.238 e. The Kier molecular flexibility index (Phi) is 3.30. The number of H-pyrrole nitrogens is 1. The van der Waals surface area contributed by atoms with E-state index in [0.29, 0.717) is 5.88 Å². The Morgan fingerprint density at radius 1 is 1.12 bits per heavy atom. The second kappa shape index (κ2) is 5.49. The minimum atomic E-state index is 0.559. The van der Waals surface area contributed by atoms with Crippen molar-refractivity contribution in [1.82, 2.24) is 24.7 Å². The van der Waals surface area contributed by atoms with Gasteiger partial charge in [-0.25, -0.2) is 9.97 Å². The monoisotopic (exact) mass is 319 g/mol. The van der Waals surface area contributed by atoms with Gasteiger partial charge in [0.25, 0.3) is 0 Å². The lowest BCUT2D eigenvalue weighted by Gasteiger charge is -2.10. The van der Waals surface area contributed by atoms with Crippen LogP contribution in [-0.4, -0.2) is 31.8 Å². The van der Waals surface area contributed by atoms with E-state index in [1.54, 1.807) is 13.4 Å². The second-order valence-corrected chi connectivity index (χ2v) is 5.73. The number of imidazole rings is 1. The number of pyridine rings is 1. The first-order valence-electron chi connectivity index (χ1n) is 7.67. The van der Waals surface area contributed by atoms with Crippen LogP contribution >= 0.6 is 0 Å². The number of nitrogens with zero attached hydrogens (tertiary/aromatic N) is 4. The number of hydrogen-bond acceptors (Lipinski definition) is 4. The molecule has 1 aromatic carbocycles. The lowest BCUT2D eigenvalue weighted by molar-refractivity contribution is 0.396. The van der Waals surface area contributed by atoms with Gasteiger partial charge in [-0.1, -0.05) is 12.1 Å². The summed E-state index contributed by atoms with van der Waals surface area (Å²) in [6.45, 7) is 3.96. The molecule has 24 heavy (non-hydrogen) atoms. The molecule has 0 aliphatic heterocycles. The molecular weight excluding hydrogens is 302 g/mol. The molecule has 0 aliphatic carbocycles. The fraction of sp³-hybridized carbons (Fsp3) is 0.167. The van der Waals surface area contributed by atoms with Gasteiger partial charge in [0.05, 0.1) is 30.3 Å². The molecular formula is C18H17N5O. The van der Waals surface area contributed by atoms with E-state index < -0.39 is 0 Å². The summed E-state index contributed by atoms with van der Waals surface area (Å²) in [7, 11) is 1.62. The molecule has 0 amide bonds. The maximum absolute atomic E-state index is 5.48. The molecule has 0 saturated heterocycles. The normalized spacial score (nSPS) is 11.1. The SMILES string of the molecule is COc1nc(-c2ccc3c(C)[nH]nc3c2)ccc1-n1cnc(C)c1. The van der Waals surface area contributed by atoms with E-state index in [1.807, 2.05) is 48.9 Å². The van der Waals surface area contributed by atoms with Gasteiger partial charge in [-0.05, 0) is 32.0 Å². The van der Waals surface area contributed by atoms with Crippen LogP contribution < -0.4 is 4.74 Å². The predicted molar refractivity (Wildman–Crippen MR) is 92.5 cm³/mol. The molecule has 1 N–H and O–H groups in total. The van der Waals surface area contributed by atoms with Crippen molar-refractivity contribution < 1.29 is 4.74 Å². The number of fused-ring (bicyclic) bond motifs is 1. The Balaban J connectivity index is 1.80. The molecule has 6 heteroatoms. The van der Waals surface area contributed by atoms with Crippen molar-refractivity contribution in [1.29, 1.82) is 0 Å². The van der Waals surface area contributed by atoms with Crippen LogP contribution in [0.2, 0.25) is 0 Å². The molecule has 0 fully saturated rings. The van der Waals surface area contributed by atoms with E-state index >= 15 is 0 Å². The molecule has 0 saturated carbocycles. The Morgan fingerprint density at radius 3 is 2.75 bits per heavy atom. The van der Waals surface area contributed by atoms with Gasteiger partial charge in [-0.2, -0.15) is 5.10 Å². The first kappa shape index (κ1) is 14.4. The van der Waals surface area contributed by atoms with Gasteiger partial charge in [0.15, 0.2) is 0 Å². The fourth-order valence-electron chi connectivity index (χ4n) is 2.80. The summed E-state index contributed by atoms with van der Waals surface area (Å²) in [6.07, 6.45) is 3.70. The molecule has 4 aromatic rings. The van der Waals surface area contributed by atoms with Gasteiger partial charge in [-0.3, -0.25) is 5.10 Å². The van der Waals surface area contributed by atoms with Crippen LogP contribution in [0, 0.1) is 13.8 Å². The van der Waals surface area contributed by atoms with Crippen molar-refractivity contribution in [3.63, 3.8) is 0 Å². The molecule has 3 aromatic heterocycles. The minimum absolute atomic E-state index is 0.559. The average Bonchev–Trinajstić information content (AvgIpc) is 3.20. The second-order valence-electron chi connectivity index (χ2n) is 5.73. The van der Waals surface area contributed by atoms with E-state index in [4.69, 9.17) is 4.74 Å². The zero-order valence-corrected chi connectivity index (χ0v) is 13.7. The fourth-order valence-corrected chi connectivity index (χ4v) is 2.80. The molecule has 0 radical (unpaired) electrons. The topological polar surface area (TPSA) is 68.6 Å². The number of aryl methyl sites for hydroxylation is 2. The number of methoxy groups -OCH3 is 1. The first-order valence-corrected chi connectivity index (χ1v) is 7.67. The van der Waals surface area contributed by atoms with E-state index in [1.165, 1.54) is 0 Å². The zero-order chi connectivity index (χ0) is 16.7. The van der Waals surface area contributed by atoms with Crippen molar-refractivity contribution >= 4 is 10.9 Å². The van der Waals surface area contributed by atoms with Gasteiger partial charge < -0.3 is 9.30 Å². The molecule has 120 valence electrons. The molecule has 6 nitrogen and oxygen atoms in total. The Hall–Kier alpha value is -3.15. The van der Waals surface area contributed by atoms with E-state index in [9.17, 15) is 0 Å². The highest BCUT2D eigenvalue weighted by molar-refractivity contribution is 5.85. The summed E-state index contributed by atoms with van der Waals surface area (Å²) in [4.78, 5) is 8.91. The summed E-state index contributed by atoms with van der Waals surface area (Å²) in [5, 5.41) is 8.45. The van der Waals surface area contributed by atoms with Crippen LogP contribution in [0.15, 0.2) is 42.9 Å². The summed E-state index contributed by atoms with van der Waals surface area (Å²) < 4.78 is 7.39. The van der Waals surface area contributed by atoms with Crippen LogP contribution in [0.5, 0.6) is 5.88 Å². The van der Waals surface area contributed by atoms with Gasteiger partial charge in [0.2, 0.25) is 5.88 Å². The molecule has 0 spiro atoms. The quantitative estimate of drug-likeness (QED) is 0.628. The largest absolute Gasteiger partial charge is 0.479 e. The lowest BCUT2D eigenvalue weighted by atomic mass is 10.1. The Morgan fingerprint density at radius 2 is 2.00 bits per heavy atom. The first-order chi connectivity index (χ1) is 11.7. The zero-order valence-electron chi connectivity index (χ0n) is 13.7. The molecule has 0 bridgehead atoms. The molecule has 0 aliphatic rings. The highest BCUT2D eigenvalue weighted by Crippen LogP contribution is 2.28. The summed E-state index contributed by atoms with van der Waals surface area (Å²) >= 11 is 0. The van der Waals surface area contributed by atoms with Crippen LogP contribution in [0.3, 0.4) is 0 Å². The van der Waals surface area contributed by atoms with Crippen molar-refractivity contribution in [2.45, 2.75) is 13.8 Å². The van der Waals surface area contributed by atoms with Gasteiger partial charge in [0, 0.05) is 22.8 Å². The van der Waals surface area contributed by atoms with Gasteiger partial charge in [-0.15, -0.1) is 0 Å². The van der Waals surface area contributed by atoms with Crippen LogP contribution in [0.25, 0.3) is 27.8 Å². The summed E-state index contributed by atoms with van der Waals surface area (Å²) in [5.74, 6) is 0.559. The molecule has 4 rings (SSSR count). The Labute approximate surface area is 139 Å². The third-order valence-electron chi connectivity index (χ3n) is 4.06. The lowest BCUT2D eigenvalue weighted by Crippen LogP contribution is -1.99. The number of hydrogen-bond donors (Lipinski definition) is 1. The van der Waals surface area contributed by atoms with Crippen molar-refractivity contribution in [2.24, 2.45) is 0 Å². The Bertz CT molecular complexity index is 1030. The number of ether oxygens (including phenoxy) is 1. The van der Waals surface area contributed by atoms with Crippen LogP contribution in [0.4, 0.5) is 0 Å². The number of aromatic nitrogens is 5. The van der Waals surface area contributed by atoms with E-state index in [2.05, 4.69) is 26.2 Å².